The van der Waals surface area contributed by atoms with Gasteiger partial charge in [0.2, 0.25) is 0 Å². The number of fused-ring (bicyclic) bond motifs is 1. The van der Waals surface area contributed by atoms with Crippen molar-refractivity contribution in [3.63, 3.8) is 0 Å². The molecule has 26 heavy (non-hydrogen) atoms. The van der Waals surface area contributed by atoms with Gasteiger partial charge in [0.15, 0.2) is 5.49 Å². The average molecular weight is 381 g/mol. The van der Waals surface area contributed by atoms with Crippen LogP contribution in [0.2, 0.25) is 5.15 Å². The monoisotopic (exact) mass is 380 g/mol. The SMILES string of the molecule is Cc1nc(=NC(C)c2cccc(C(F)F)c2F)c2cc(Cl)ncc2n1C. The van der Waals surface area contributed by atoms with Crippen LogP contribution in [0.4, 0.5) is 13.2 Å². The van der Waals surface area contributed by atoms with E-state index in [2.05, 4.69) is 15.0 Å². The average Bonchev–Trinajstić information content (AvgIpc) is 2.59. The molecule has 0 aliphatic rings. The Kier molecular flexibility index (Phi) is 5.00. The first-order valence-electron chi connectivity index (χ1n) is 7.88. The summed E-state index contributed by atoms with van der Waals surface area (Å²) >= 11 is 5.98. The molecule has 1 aromatic carbocycles. The van der Waals surface area contributed by atoms with Crippen molar-refractivity contribution in [2.75, 3.05) is 0 Å². The van der Waals surface area contributed by atoms with Crippen molar-refractivity contribution in [1.82, 2.24) is 14.5 Å². The van der Waals surface area contributed by atoms with Crippen molar-refractivity contribution >= 4 is 22.5 Å². The van der Waals surface area contributed by atoms with Gasteiger partial charge in [-0.1, -0.05) is 29.8 Å². The lowest BCUT2D eigenvalue weighted by molar-refractivity contribution is 0.146. The van der Waals surface area contributed by atoms with E-state index in [9.17, 15) is 13.2 Å². The molecule has 2 aromatic heterocycles. The van der Waals surface area contributed by atoms with Gasteiger partial charge in [0, 0.05) is 18.0 Å². The van der Waals surface area contributed by atoms with E-state index in [0.717, 1.165) is 11.6 Å². The summed E-state index contributed by atoms with van der Waals surface area (Å²) in [5, 5.41) is 0.925. The van der Waals surface area contributed by atoms with Crippen molar-refractivity contribution in [2.24, 2.45) is 12.0 Å². The summed E-state index contributed by atoms with van der Waals surface area (Å²) in [6.07, 6.45) is -1.28. The highest BCUT2D eigenvalue weighted by Crippen LogP contribution is 2.28. The Morgan fingerprint density at radius 3 is 2.62 bits per heavy atom. The number of rotatable bonds is 3. The smallest absolute Gasteiger partial charge is 0.266 e. The summed E-state index contributed by atoms with van der Waals surface area (Å²) in [7, 11) is 1.83. The maximum absolute atomic E-state index is 14.4. The van der Waals surface area contributed by atoms with Crippen LogP contribution >= 0.6 is 11.6 Å². The van der Waals surface area contributed by atoms with Crippen LogP contribution in [0.3, 0.4) is 0 Å². The second-order valence-electron chi connectivity index (χ2n) is 5.92. The topological polar surface area (TPSA) is 43.1 Å². The molecule has 0 saturated heterocycles. The molecule has 0 amide bonds. The molecule has 0 fully saturated rings. The molecule has 3 aromatic rings. The number of aryl methyl sites for hydroxylation is 2. The van der Waals surface area contributed by atoms with Crippen molar-refractivity contribution in [1.29, 1.82) is 0 Å². The minimum absolute atomic E-state index is 0.0868. The zero-order valence-electron chi connectivity index (χ0n) is 14.3. The molecule has 1 atom stereocenters. The van der Waals surface area contributed by atoms with Crippen LogP contribution in [0.1, 0.15) is 36.3 Å². The summed E-state index contributed by atoms with van der Waals surface area (Å²) in [5.74, 6) is -0.268. The summed E-state index contributed by atoms with van der Waals surface area (Å²) in [6.45, 7) is 3.43. The maximum atomic E-state index is 14.4. The van der Waals surface area contributed by atoms with Gasteiger partial charge in [-0.25, -0.2) is 23.1 Å². The second-order valence-corrected chi connectivity index (χ2v) is 6.31. The molecule has 4 nitrogen and oxygen atoms in total. The predicted molar refractivity (Wildman–Crippen MR) is 93.6 cm³/mol. The molecule has 0 saturated carbocycles. The second kappa shape index (κ2) is 7.07. The molecular weight excluding hydrogens is 365 g/mol. The van der Waals surface area contributed by atoms with E-state index in [4.69, 9.17) is 11.6 Å². The summed E-state index contributed by atoms with van der Waals surface area (Å²) in [6, 6.07) is 4.84. The van der Waals surface area contributed by atoms with Crippen LogP contribution in [0.15, 0.2) is 35.5 Å². The Bertz CT molecular complexity index is 1050. The fourth-order valence-corrected chi connectivity index (χ4v) is 2.90. The fourth-order valence-electron chi connectivity index (χ4n) is 2.74. The van der Waals surface area contributed by atoms with Crippen LogP contribution < -0.4 is 5.49 Å². The van der Waals surface area contributed by atoms with Gasteiger partial charge in [0.1, 0.15) is 16.8 Å². The van der Waals surface area contributed by atoms with Crippen molar-refractivity contribution in [2.45, 2.75) is 26.3 Å². The molecule has 0 aliphatic carbocycles. The van der Waals surface area contributed by atoms with E-state index in [0.29, 0.717) is 16.7 Å². The predicted octanol–water partition coefficient (Wildman–Crippen LogP) is 4.67. The first-order chi connectivity index (χ1) is 12.3. The highest BCUT2D eigenvalue weighted by molar-refractivity contribution is 6.30. The Balaban J connectivity index is 2.21. The first kappa shape index (κ1) is 18.4. The number of benzene rings is 1. The molecule has 0 spiro atoms. The zero-order chi connectivity index (χ0) is 19.0. The highest BCUT2D eigenvalue weighted by Gasteiger charge is 2.19. The molecule has 2 heterocycles. The number of nitrogens with zero attached hydrogens (tertiary/aromatic N) is 4. The normalized spacial score (nSPS) is 13.6. The van der Waals surface area contributed by atoms with Gasteiger partial charge in [0.25, 0.3) is 6.43 Å². The zero-order valence-corrected chi connectivity index (χ0v) is 15.1. The summed E-state index contributed by atoms with van der Waals surface area (Å²) < 4.78 is 42.1. The van der Waals surface area contributed by atoms with Gasteiger partial charge >= 0.3 is 0 Å². The number of alkyl halides is 2. The Hall–Kier alpha value is -2.41. The third-order valence-electron chi connectivity index (χ3n) is 4.26. The van der Waals surface area contributed by atoms with Gasteiger partial charge < -0.3 is 4.57 Å². The van der Waals surface area contributed by atoms with Gasteiger partial charge in [0.05, 0.1) is 23.3 Å². The lowest BCUT2D eigenvalue weighted by atomic mass is 10.0. The van der Waals surface area contributed by atoms with Gasteiger partial charge in [-0.2, -0.15) is 0 Å². The van der Waals surface area contributed by atoms with Crippen LogP contribution in [-0.4, -0.2) is 14.5 Å². The summed E-state index contributed by atoms with van der Waals surface area (Å²) in [4.78, 5) is 13.0. The lowest BCUT2D eigenvalue weighted by Crippen LogP contribution is -2.18. The Labute approximate surface area is 153 Å². The molecule has 0 aliphatic heterocycles. The number of halogens is 4. The minimum atomic E-state index is -2.89. The maximum Gasteiger partial charge on any atom is 0.266 e. The van der Waals surface area contributed by atoms with E-state index in [1.165, 1.54) is 12.1 Å². The van der Waals surface area contributed by atoms with Gasteiger partial charge in [-0.05, 0) is 19.9 Å². The molecular formula is C18H16ClF3N4. The van der Waals surface area contributed by atoms with Crippen LogP contribution in [0.5, 0.6) is 0 Å². The molecule has 0 radical (unpaired) electrons. The molecule has 0 bridgehead atoms. The van der Waals surface area contributed by atoms with Crippen molar-refractivity contribution < 1.29 is 13.2 Å². The van der Waals surface area contributed by atoms with E-state index >= 15 is 0 Å². The van der Waals surface area contributed by atoms with E-state index < -0.39 is 23.8 Å². The van der Waals surface area contributed by atoms with Gasteiger partial charge in [-0.15, -0.1) is 0 Å². The first-order valence-corrected chi connectivity index (χ1v) is 8.26. The number of hydrogen-bond acceptors (Lipinski definition) is 3. The van der Waals surface area contributed by atoms with E-state index in [1.54, 1.807) is 26.1 Å². The molecule has 0 N–H and O–H groups in total. The number of aromatic nitrogens is 3. The van der Waals surface area contributed by atoms with Crippen molar-refractivity contribution in [3.8, 4) is 0 Å². The number of hydrogen-bond donors (Lipinski definition) is 0. The van der Waals surface area contributed by atoms with Crippen LogP contribution in [-0.2, 0) is 7.05 Å². The molecule has 1 unspecified atom stereocenters. The highest BCUT2D eigenvalue weighted by atomic mass is 35.5. The number of pyridine rings is 1. The Morgan fingerprint density at radius 2 is 1.92 bits per heavy atom. The van der Waals surface area contributed by atoms with Crippen molar-refractivity contribution in [3.05, 3.63) is 63.9 Å². The molecule has 3 rings (SSSR count). The third-order valence-corrected chi connectivity index (χ3v) is 4.47. The third kappa shape index (κ3) is 3.31. The largest absolute Gasteiger partial charge is 0.331 e. The quantitative estimate of drug-likeness (QED) is 0.620. The lowest BCUT2D eigenvalue weighted by Gasteiger charge is -2.13. The van der Waals surface area contributed by atoms with Crippen LogP contribution in [0.25, 0.3) is 10.9 Å². The van der Waals surface area contributed by atoms with E-state index in [-0.39, 0.29) is 10.7 Å². The molecule has 136 valence electrons. The standard InChI is InChI=1S/C18H16ClF3N4/c1-9(11-5-4-6-12(16(11)20)17(21)22)24-18-13-7-15(19)23-8-14(13)26(3)10(2)25-18/h4-9,17H,1-3H3. The van der Waals surface area contributed by atoms with E-state index in [1.807, 2.05) is 11.6 Å². The molecule has 8 heteroatoms. The van der Waals surface area contributed by atoms with Crippen LogP contribution in [0, 0.1) is 12.7 Å². The fraction of sp³-hybridized carbons (Fsp3) is 0.278. The Morgan fingerprint density at radius 1 is 1.23 bits per heavy atom. The van der Waals surface area contributed by atoms with Gasteiger partial charge in [-0.3, -0.25) is 4.99 Å². The minimum Gasteiger partial charge on any atom is -0.331 e. The summed E-state index contributed by atoms with van der Waals surface area (Å²) in [5.41, 5.74) is 0.568.